The van der Waals surface area contributed by atoms with Gasteiger partial charge in [-0.3, -0.25) is 10.1 Å². The van der Waals surface area contributed by atoms with Crippen molar-refractivity contribution in [3.63, 3.8) is 0 Å². The van der Waals surface area contributed by atoms with Crippen LogP contribution in [0.1, 0.15) is 25.5 Å². The molecule has 0 heterocycles. The van der Waals surface area contributed by atoms with E-state index in [1.165, 1.54) is 14.2 Å². The van der Waals surface area contributed by atoms with E-state index >= 15 is 0 Å². The first kappa shape index (κ1) is 16.2. The third-order valence-electron chi connectivity index (χ3n) is 3.06. The zero-order valence-electron chi connectivity index (χ0n) is 12.3. The number of carbonyl (C=O) groups is 2. The average molecular weight is 279 g/mol. The Kier molecular flexibility index (Phi) is 5.70. The lowest BCUT2D eigenvalue weighted by Crippen LogP contribution is -2.41. The van der Waals surface area contributed by atoms with Gasteiger partial charge in [-0.1, -0.05) is 30.3 Å². The first-order valence-corrected chi connectivity index (χ1v) is 6.37. The minimum absolute atomic E-state index is 0.300. The molecule has 1 rings (SSSR count). The van der Waals surface area contributed by atoms with Crippen LogP contribution in [0, 0.1) is 5.41 Å². The van der Waals surface area contributed by atoms with Crippen LogP contribution in [0.5, 0.6) is 0 Å². The molecule has 110 valence electrons. The Bertz CT molecular complexity index is 456. The van der Waals surface area contributed by atoms with Crippen LogP contribution in [0.2, 0.25) is 0 Å². The second-order valence-corrected chi connectivity index (χ2v) is 5.12. The van der Waals surface area contributed by atoms with Crippen molar-refractivity contribution in [3.8, 4) is 0 Å². The van der Waals surface area contributed by atoms with Gasteiger partial charge in [0, 0.05) is 6.54 Å². The van der Waals surface area contributed by atoms with E-state index in [2.05, 4.69) is 5.32 Å². The van der Waals surface area contributed by atoms with Crippen LogP contribution in [-0.4, -0.2) is 32.7 Å². The topological polar surface area (TPSA) is 64.6 Å². The summed E-state index contributed by atoms with van der Waals surface area (Å²) in [4.78, 5) is 23.5. The minimum atomic E-state index is -0.726. The van der Waals surface area contributed by atoms with Gasteiger partial charge in [-0.15, -0.1) is 0 Å². The lowest BCUT2D eigenvalue weighted by molar-refractivity contribution is -0.151. The third kappa shape index (κ3) is 4.06. The number of hydrogen-bond acceptors (Lipinski definition) is 5. The molecular formula is C15H21NO4. The smallest absolute Gasteiger partial charge is 0.327 e. The molecule has 1 aromatic carbocycles. The largest absolute Gasteiger partial charge is 0.469 e. The Morgan fingerprint density at radius 1 is 1.15 bits per heavy atom. The van der Waals surface area contributed by atoms with Crippen molar-refractivity contribution in [2.75, 3.05) is 20.8 Å². The lowest BCUT2D eigenvalue weighted by atomic mass is 9.93. The first-order valence-electron chi connectivity index (χ1n) is 6.37. The van der Waals surface area contributed by atoms with Gasteiger partial charge in [0.15, 0.2) is 0 Å². The quantitative estimate of drug-likeness (QED) is 0.803. The van der Waals surface area contributed by atoms with Crippen molar-refractivity contribution in [1.29, 1.82) is 0 Å². The second-order valence-electron chi connectivity index (χ2n) is 5.12. The Hall–Kier alpha value is -1.88. The van der Waals surface area contributed by atoms with Crippen molar-refractivity contribution in [1.82, 2.24) is 5.32 Å². The molecule has 0 bridgehead atoms. The van der Waals surface area contributed by atoms with E-state index in [9.17, 15) is 9.59 Å². The number of methoxy groups -OCH3 is 2. The maximum atomic E-state index is 11.9. The van der Waals surface area contributed by atoms with Gasteiger partial charge in [-0.2, -0.15) is 0 Å². The molecule has 0 fully saturated rings. The molecule has 0 saturated carbocycles. The van der Waals surface area contributed by atoms with E-state index in [1.807, 2.05) is 30.3 Å². The molecule has 0 spiro atoms. The van der Waals surface area contributed by atoms with Crippen molar-refractivity contribution in [2.45, 2.75) is 19.9 Å². The van der Waals surface area contributed by atoms with Crippen molar-refractivity contribution >= 4 is 11.9 Å². The van der Waals surface area contributed by atoms with E-state index in [0.717, 1.165) is 5.56 Å². The Morgan fingerprint density at radius 3 is 2.25 bits per heavy atom. The molecule has 1 N–H and O–H groups in total. The molecule has 5 heteroatoms. The van der Waals surface area contributed by atoms with Gasteiger partial charge in [-0.25, -0.2) is 4.79 Å². The van der Waals surface area contributed by atoms with Gasteiger partial charge in [-0.05, 0) is 19.4 Å². The summed E-state index contributed by atoms with van der Waals surface area (Å²) >= 11 is 0. The highest BCUT2D eigenvalue weighted by Crippen LogP contribution is 2.20. The molecule has 5 nitrogen and oxygen atoms in total. The monoisotopic (exact) mass is 279 g/mol. The minimum Gasteiger partial charge on any atom is -0.469 e. The number of nitrogens with one attached hydrogen (secondary N) is 1. The number of ether oxygens (including phenoxy) is 2. The summed E-state index contributed by atoms with van der Waals surface area (Å²) in [7, 11) is 2.68. The fourth-order valence-corrected chi connectivity index (χ4v) is 1.81. The molecule has 0 aliphatic heterocycles. The molecular weight excluding hydrogens is 258 g/mol. The van der Waals surface area contributed by atoms with Crippen LogP contribution in [0.25, 0.3) is 0 Å². The molecule has 0 aliphatic carbocycles. The molecule has 0 aliphatic rings. The molecule has 1 aromatic rings. The number of rotatable bonds is 6. The van der Waals surface area contributed by atoms with Crippen LogP contribution < -0.4 is 5.32 Å². The fraction of sp³-hybridized carbons (Fsp3) is 0.467. The molecule has 0 unspecified atom stereocenters. The number of carbonyl (C=O) groups excluding carboxylic acids is 2. The Balaban J connectivity index is 2.83. The number of benzene rings is 1. The SMILES string of the molecule is COC(=O)[C@@H](NCC(C)(C)C(=O)OC)c1ccccc1. The molecule has 0 aromatic heterocycles. The second kappa shape index (κ2) is 7.05. The van der Waals surface area contributed by atoms with Crippen LogP contribution in [0.3, 0.4) is 0 Å². The fourth-order valence-electron chi connectivity index (χ4n) is 1.81. The van der Waals surface area contributed by atoms with Gasteiger partial charge in [0.2, 0.25) is 0 Å². The summed E-state index contributed by atoms with van der Waals surface area (Å²) in [6.07, 6.45) is 0. The zero-order chi connectivity index (χ0) is 15.2. The van der Waals surface area contributed by atoms with E-state index in [0.29, 0.717) is 6.54 Å². The number of hydrogen-bond donors (Lipinski definition) is 1. The highest BCUT2D eigenvalue weighted by atomic mass is 16.5. The normalized spacial score (nSPS) is 12.6. The van der Waals surface area contributed by atoms with Crippen LogP contribution >= 0.6 is 0 Å². The molecule has 1 atom stereocenters. The van der Waals surface area contributed by atoms with Crippen LogP contribution in [0.15, 0.2) is 30.3 Å². The number of esters is 2. The van der Waals surface area contributed by atoms with Gasteiger partial charge in [0.05, 0.1) is 19.6 Å². The highest BCUT2D eigenvalue weighted by molar-refractivity contribution is 5.78. The standard InChI is InChI=1S/C15H21NO4/c1-15(2,14(18)20-4)10-16-12(13(17)19-3)11-8-6-5-7-9-11/h5-9,12,16H,10H2,1-4H3/t12-/m0/s1. The predicted octanol–water partition coefficient (Wildman–Crippen LogP) is 1.69. The van der Waals surface area contributed by atoms with E-state index in [-0.39, 0.29) is 5.97 Å². The summed E-state index contributed by atoms with van der Waals surface area (Å²) in [6.45, 7) is 3.81. The Labute approximate surface area is 119 Å². The van der Waals surface area contributed by atoms with Gasteiger partial charge >= 0.3 is 11.9 Å². The summed E-state index contributed by atoms with van der Waals surface area (Å²) in [5, 5.41) is 3.07. The predicted molar refractivity (Wildman–Crippen MR) is 75.0 cm³/mol. The van der Waals surface area contributed by atoms with Crippen molar-refractivity contribution in [2.24, 2.45) is 5.41 Å². The first-order chi connectivity index (χ1) is 9.42. The summed E-state index contributed by atoms with van der Waals surface area (Å²) in [6, 6.07) is 8.62. The maximum absolute atomic E-state index is 11.9. The van der Waals surface area contributed by atoms with Crippen LogP contribution in [-0.2, 0) is 19.1 Å². The van der Waals surface area contributed by atoms with E-state index in [4.69, 9.17) is 9.47 Å². The summed E-state index contributed by atoms with van der Waals surface area (Å²) in [5.74, 6) is -0.724. The maximum Gasteiger partial charge on any atom is 0.327 e. The average Bonchev–Trinajstić information content (AvgIpc) is 2.47. The molecule has 20 heavy (non-hydrogen) atoms. The van der Waals surface area contributed by atoms with E-state index < -0.39 is 17.4 Å². The van der Waals surface area contributed by atoms with E-state index in [1.54, 1.807) is 13.8 Å². The van der Waals surface area contributed by atoms with Gasteiger partial charge in [0.1, 0.15) is 6.04 Å². The molecule has 0 amide bonds. The summed E-state index contributed by atoms with van der Waals surface area (Å²) in [5.41, 5.74) is 0.0653. The third-order valence-corrected chi connectivity index (χ3v) is 3.06. The van der Waals surface area contributed by atoms with Crippen molar-refractivity contribution < 1.29 is 19.1 Å². The molecule has 0 saturated heterocycles. The zero-order valence-corrected chi connectivity index (χ0v) is 12.3. The van der Waals surface area contributed by atoms with Gasteiger partial charge < -0.3 is 9.47 Å². The van der Waals surface area contributed by atoms with Gasteiger partial charge in [0.25, 0.3) is 0 Å². The highest BCUT2D eigenvalue weighted by Gasteiger charge is 2.31. The molecule has 0 radical (unpaired) electrons. The van der Waals surface area contributed by atoms with Crippen LogP contribution in [0.4, 0.5) is 0 Å². The lowest BCUT2D eigenvalue weighted by Gasteiger charge is -2.25. The van der Waals surface area contributed by atoms with Crippen molar-refractivity contribution in [3.05, 3.63) is 35.9 Å². The summed E-state index contributed by atoms with van der Waals surface area (Å²) < 4.78 is 9.55. The Morgan fingerprint density at radius 2 is 1.75 bits per heavy atom.